The summed E-state index contributed by atoms with van der Waals surface area (Å²) in [5.74, 6) is 1.89. The van der Waals surface area contributed by atoms with Crippen molar-refractivity contribution in [3.05, 3.63) is 54.1 Å². The normalized spacial score (nSPS) is 15.5. The van der Waals surface area contributed by atoms with Gasteiger partial charge in [0.2, 0.25) is 0 Å². The molecular weight excluding hydrogens is 425 g/mol. The van der Waals surface area contributed by atoms with Gasteiger partial charge in [0, 0.05) is 32.0 Å². The molecule has 2 aromatic rings. The van der Waals surface area contributed by atoms with Crippen LogP contribution in [0.5, 0.6) is 0 Å². The van der Waals surface area contributed by atoms with Crippen molar-refractivity contribution in [3.63, 3.8) is 0 Å². The quantitative estimate of drug-likeness (QED) is 0.414. The number of aromatic nitrogens is 2. The number of aliphatic imine (C=N–C) groups is 1. The molecular formula is C19H28IN5. The van der Waals surface area contributed by atoms with Crippen LogP contribution in [-0.4, -0.2) is 28.6 Å². The van der Waals surface area contributed by atoms with Gasteiger partial charge in [-0.25, -0.2) is 4.98 Å². The summed E-state index contributed by atoms with van der Waals surface area (Å²) >= 11 is 0. The van der Waals surface area contributed by atoms with E-state index in [1.165, 1.54) is 37.7 Å². The minimum absolute atomic E-state index is 0. The summed E-state index contributed by atoms with van der Waals surface area (Å²) in [7, 11) is 1.83. The van der Waals surface area contributed by atoms with Gasteiger partial charge in [-0.05, 0) is 18.4 Å². The number of nitrogens with one attached hydrogen (secondary N) is 2. The molecule has 0 spiro atoms. The summed E-state index contributed by atoms with van der Waals surface area (Å²) in [4.78, 5) is 8.84. The predicted octanol–water partition coefficient (Wildman–Crippen LogP) is 3.55. The van der Waals surface area contributed by atoms with Crippen LogP contribution in [0.2, 0.25) is 0 Å². The number of imidazole rings is 1. The van der Waals surface area contributed by atoms with Crippen LogP contribution in [0.25, 0.3) is 0 Å². The van der Waals surface area contributed by atoms with Crippen LogP contribution in [0.3, 0.4) is 0 Å². The first-order valence-corrected chi connectivity index (χ1v) is 8.86. The van der Waals surface area contributed by atoms with E-state index in [1.807, 2.05) is 25.5 Å². The Balaban J connectivity index is 0.00000225. The molecule has 0 saturated heterocycles. The van der Waals surface area contributed by atoms with Gasteiger partial charge in [0.05, 0.1) is 6.54 Å². The van der Waals surface area contributed by atoms with Gasteiger partial charge in [0.1, 0.15) is 5.82 Å². The molecule has 0 bridgehead atoms. The fourth-order valence-electron chi connectivity index (χ4n) is 3.23. The van der Waals surface area contributed by atoms with Gasteiger partial charge >= 0.3 is 0 Å². The van der Waals surface area contributed by atoms with Crippen molar-refractivity contribution >= 4 is 29.9 Å². The summed E-state index contributed by atoms with van der Waals surface area (Å²) in [6, 6.07) is 11.0. The first-order chi connectivity index (χ1) is 11.8. The molecule has 1 aliphatic carbocycles. The zero-order valence-corrected chi connectivity index (χ0v) is 17.1. The van der Waals surface area contributed by atoms with Crippen molar-refractivity contribution in [2.75, 3.05) is 7.05 Å². The lowest BCUT2D eigenvalue weighted by Gasteiger charge is -2.24. The maximum absolute atomic E-state index is 4.48. The first-order valence-electron chi connectivity index (χ1n) is 8.86. The first kappa shape index (κ1) is 19.8. The highest BCUT2D eigenvalue weighted by molar-refractivity contribution is 14.0. The Morgan fingerprint density at radius 1 is 1.20 bits per heavy atom. The van der Waals surface area contributed by atoms with Crippen molar-refractivity contribution in [2.45, 2.75) is 51.2 Å². The van der Waals surface area contributed by atoms with E-state index in [4.69, 9.17) is 0 Å². The standard InChI is InChI=1S/C19H27N5.HI/c1-20-19(23-17-10-6-3-7-11-17)22-14-18-21-12-13-24(18)15-16-8-4-2-5-9-16;/h2,4-5,8-9,12-13,17H,3,6-7,10-11,14-15H2,1H3,(H2,20,22,23);1H. The van der Waals surface area contributed by atoms with E-state index in [2.05, 4.69) is 49.4 Å². The molecule has 0 aliphatic heterocycles. The Bertz CT molecular complexity index is 647. The molecule has 25 heavy (non-hydrogen) atoms. The zero-order chi connectivity index (χ0) is 16.6. The van der Waals surface area contributed by atoms with Crippen LogP contribution >= 0.6 is 24.0 Å². The molecule has 1 aliphatic rings. The molecule has 0 amide bonds. The topological polar surface area (TPSA) is 54.2 Å². The number of halogens is 1. The highest BCUT2D eigenvalue weighted by atomic mass is 127. The van der Waals surface area contributed by atoms with Gasteiger partial charge in [-0.15, -0.1) is 24.0 Å². The molecule has 2 N–H and O–H groups in total. The number of hydrogen-bond acceptors (Lipinski definition) is 2. The van der Waals surface area contributed by atoms with Crippen molar-refractivity contribution < 1.29 is 0 Å². The van der Waals surface area contributed by atoms with Gasteiger partial charge in [-0.3, -0.25) is 4.99 Å². The molecule has 1 fully saturated rings. The second-order valence-electron chi connectivity index (χ2n) is 6.36. The fraction of sp³-hybridized carbons (Fsp3) is 0.474. The molecule has 0 radical (unpaired) electrons. The molecule has 136 valence electrons. The van der Waals surface area contributed by atoms with E-state index in [0.717, 1.165) is 18.3 Å². The van der Waals surface area contributed by atoms with Crippen molar-refractivity contribution in [1.82, 2.24) is 20.2 Å². The summed E-state index contributed by atoms with van der Waals surface area (Å²) < 4.78 is 2.18. The van der Waals surface area contributed by atoms with Crippen LogP contribution in [0.15, 0.2) is 47.7 Å². The van der Waals surface area contributed by atoms with Crippen molar-refractivity contribution in [3.8, 4) is 0 Å². The SMILES string of the molecule is CN=C(NCc1nccn1Cc1ccccc1)NC1CCCCC1.I. The maximum atomic E-state index is 4.48. The van der Waals surface area contributed by atoms with Crippen LogP contribution < -0.4 is 10.6 Å². The molecule has 1 saturated carbocycles. The lowest BCUT2D eigenvalue weighted by molar-refractivity contribution is 0.410. The van der Waals surface area contributed by atoms with Gasteiger partial charge in [-0.1, -0.05) is 49.6 Å². The van der Waals surface area contributed by atoms with Crippen molar-refractivity contribution in [2.24, 2.45) is 4.99 Å². The number of benzene rings is 1. The minimum atomic E-state index is 0. The summed E-state index contributed by atoms with van der Waals surface area (Å²) in [6.07, 6.45) is 10.4. The fourth-order valence-corrected chi connectivity index (χ4v) is 3.23. The van der Waals surface area contributed by atoms with E-state index in [0.29, 0.717) is 12.6 Å². The molecule has 1 aromatic carbocycles. The Labute approximate surface area is 167 Å². The predicted molar refractivity (Wildman–Crippen MR) is 113 cm³/mol. The zero-order valence-electron chi connectivity index (χ0n) is 14.8. The summed E-state index contributed by atoms with van der Waals surface area (Å²) in [6.45, 7) is 1.51. The Morgan fingerprint density at radius 3 is 2.68 bits per heavy atom. The second-order valence-corrected chi connectivity index (χ2v) is 6.36. The largest absolute Gasteiger partial charge is 0.354 e. The minimum Gasteiger partial charge on any atom is -0.354 e. The Morgan fingerprint density at radius 2 is 1.96 bits per heavy atom. The summed E-state index contributed by atoms with van der Waals surface area (Å²) in [5, 5.41) is 6.94. The summed E-state index contributed by atoms with van der Waals surface area (Å²) in [5.41, 5.74) is 1.28. The van der Waals surface area contributed by atoms with E-state index in [1.54, 1.807) is 0 Å². The van der Waals surface area contributed by atoms with E-state index >= 15 is 0 Å². The molecule has 1 aromatic heterocycles. The molecule has 5 nitrogen and oxygen atoms in total. The lowest BCUT2D eigenvalue weighted by Crippen LogP contribution is -2.44. The lowest BCUT2D eigenvalue weighted by atomic mass is 9.96. The van der Waals surface area contributed by atoms with Crippen LogP contribution in [-0.2, 0) is 13.1 Å². The molecule has 1 heterocycles. The number of rotatable bonds is 5. The Hall–Kier alpha value is -1.57. The maximum Gasteiger partial charge on any atom is 0.191 e. The Kier molecular flexibility index (Phi) is 8.24. The van der Waals surface area contributed by atoms with Crippen LogP contribution in [0.4, 0.5) is 0 Å². The van der Waals surface area contributed by atoms with Gasteiger partial charge < -0.3 is 15.2 Å². The molecule has 0 unspecified atom stereocenters. The highest BCUT2D eigenvalue weighted by Gasteiger charge is 2.14. The van der Waals surface area contributed by atoms with Gasteiger partial charge in [0.25, 0.3) is 0 Å². The third-order valence-electron chi connectivity index (χ3n) is 4.58. The third kappa shape index (κ3) is 6.02. The average molecular weight is 453 g/mol. The van der Waals surface area contributed by atoms with E-state index in [9.17, 15) is 0 Å². The number of guanidine groups is 1. The van der Waals surface area contributed by atoms with Crippen LogP contribution in [0, 0.1) is 0 Å². The van der Waals surface area contributed by atoms with Gasteiger partial charge in [-0.2, -0.15) is 0 Å². The third-order valence-corrected chi connectivity index (χ3v) is 4.58. The molecule has 0 atom stereocenters. The van der Waals surface area contributed by atoms with Crippen LogP contribution in [0.1, 0.15) is 43.5 Å². The monoisotopic (exact) mass is 453 g/mol. The highest BCUT2D eigenvalue weighted by Crippen LogP contribution is 2.17. The smallest absolute Gasteiger partial charge is 0.191 e. The van der Waals surface area contributed by atoms with E-state index < -0.39 is 0 Å². The number of hydrogen-bond donors (Lipinski definition) is 2. The van der Waals surface area contributed by atoms with Crippen molar-refractivity contribution in [1.29, 1.82) is 0 Å². The molecule has 3 rings (SSSR count). The second kappa shape index (κ2) is 10.4. The molecule has 6 heteroatoms. The van der Waals surface area contributed by atoms with E-state index in [-0.39, 0.29) is 24.0 Å². The van der Waals surface area contributed by atoms with Gasteiger partial charge in [0.15, 0.2) is 5.96 Å². The number of nitrogens with zero attached hydrogens (tertiary/aromatic N) is 3. The average Bonchev–Trinajstić information content (AvgIpc) is 3.07.